The fraction of sp³-hybridized carbons (Fsp3) is 0.929. The molecule has 0 aromatic rings. The number of hydrogen-bond acceptors (Lipinski definition) is 4. The highest BCUT2D eigenvalue weighted by Gasteiger charge is 2.36. The second-order valence-electron chi connectivity index (χ2n) is 6.20. The van der Waals surface area contributed by atoms with Gasteiger partial charge in [0, 0.05) is 12.0 Å². The van der Waals surface area contributed by atoms with E-state index in [0.717, 1.165) is 25.9 Å². The third kappa shape index (κ3) is 4.08. The summed E-state index contributed by atoms with van der Waals surface area (Å²) in [6.07, 6.45) is 6.68. The van der Waals surface area contributed by atoms with Gasteiger partial charge in [-0.1, -0.05) is 24.9 Å². The molecule has 1 heterocycles. The number of oxime groups is 1. The molecule has 1 aliphatic carbocycles. The number of amidine groups is 1. The quantitative estimate of drug-likeness (QED) is 0.433. The van der Waals surface area contributed by atoms with Gasteiger partial charge in [-0.25, -0.2) is 0 Å². The van der Waals surface area contributed by atoms with E-state index >= 15 is 0 Å². The summed E-state index contributed by atoms with van der Waals surface area (Å²) in [6.45, 7) is 5.18. The van der Waals surface area contributed by atoms with E-state index in [1.807, 2.05) is 0 Å². The van der Waals surface area contributed by atoms with Gasteiger partial charge in [0.15, 0.2) is 0 Å². The second-order valence-corrected chi connectivity index (χ2v) is 6.20. The Kier molecular flexibility index (Phi) is 5.05. The first-order valence-corrected chi connectivity index (χ1v) is 7.46. The van der Waals surface area contributed by atoms with Crippen molar-refractivity contribution in [2.24, 2.45) is 16.3 Å². The van der Waals surface area contributed by atoms with Crippen LogP contribution in [0.2, 0.25) is 0 Å². The topological polar surface area (TPSA) is 71.1 Å². The van der Waals surface area contributed by atoms with E-state index in [9.17, 15) is 5.11 Å². The Balaban J connectivity index is 1.65. The summed E-state index contributed by atoms with van der Waals surface area (Å²) in [4.78, 5) is 7.50. The first kappa shape index (κ1) is 14.6. The van der Waals surface area contributed by atoms with Gasteiger partial charge in [-0.15, -0.1) is 0 Å². The zero-order valence-corrected chi connectivity index (χ0v) is 12.0. The molecule has 1 saturated carbocycles. The highest BCUT2D eigenvalue weighted by atomic mass is 16.6. The van der Waals surface area contributed by atoms with Gasteiger partial charge in [-0.2, -0.15) is 0 Å². The third-order valence-corrected chi connectivity index (χ3v) is 4.42. The highest BCUT2D eigenvalue weighted by Crippen LogP contribution is 2.40. The molecule has 0 aromatic carbocycles. The molecule has 5 nitrogen and oxygen atoms in total. The lowest BCUT2D eigenvalue weighted by Gasteiger charge is -2.36. The van der Waals surface area contributed by atoms with Crippen molar-refractivity contribution in [2.75, 3.05) is 26.2 Å². The van der Waals surface area contributed by atoms with Crippen LogP contribution in [0.5, 0.6) is 0 Å². The van der Waals surface area contributed by atoms with Crippen LogP contribution in [-0.2, 0) is 4.84 Å². The molecule has 0 amide bonds. The Morgan fingerprint density at radius 1 is 1.32 bits per heavy atom. The summed E-state index contributed by atoms with van der Waals surface area (Å²) < 4.78 is 0. The van der Waals surface area contributed by atoms with E-state index in [1.54, 1.807) is 0 Å². The number of nitrogens with two attached hydrogens (primary N) is 1. The molecule has 19 heavy (non-hydrogen) atoms. The molecule has 1 atom stereocenters. The van der Waals surface area contributed by atoms with E-state index < -0.39 is 6.10 Å². The van der Waals surface area contributed by atoms with E-state index in [0.29, 0.717) is 12.4 Å². The number of likely N-dealkylation sites (tertiary alicyclic amines) is 1. The molecular formula is C14H27N3O2. The number of rotatable bonds is 6. The van der Waals surface area contributed by atoms with Crippen LogP contribution in [0, 0.1) is 5.41 Å². The highest BCUT2D eigenvalue weighted by molar-refractivity contribution is 5.86. The number of nitrogens with zero attached hydrogens (tertiary/aromatic N) is 2. The van der Waals surface area contributed by atoms with Gasteiger partial charge in [-0.05, 0) is 38.8 Å². The van der Waals surface area contributed by atoms with Crippen LogP contribution < -0.4 is 5.73 Å². The lowest BCUT2D eigenvalue weighted by Crippen LogP contribution is -2.41. The predicted octanol–water partition coefficient (Wildman–Crippen LogP) is 1.31. The number of β-amino-alcohol motifs (C(OH)–C–C–N with tert-alkyl or cyclic N) is 1. The maximum atomic E-state index is 9.91. The Morgan fingerprint density at radius 3 is 2.58 bits per heavy atom. The molecule has 0 spiro atoms. The fourth-order valence-electron chi connectivity index (χ4n) is 2.76. The molecule has 0 bridgehead atoms. The van der Waals surface area contributed by atoms with Crippen LogP contribution in [0.4, 0.5) is 0 Å². The molecule has 2 fully saturated rings. The SMILES string of the molecule is CC1(C(N)=NOC[C@H](O)CN2CCCCC2)CCC1. The average molecular weight is 269 g/mol. The summed E-state index contributed by atoms with van der Waals surface area (Å²) in [7, 11) is 0. The average Bonchev–Trinajstić information content (AvgIpc) is 2.37. The van der Waals surface area contributed by atoms with Crippen LogP contribution in [0.15, 0.2) is 5.16 Å². The van der Waals surface area contributed by atoms with Crippen molar-refractivity contribution in [1.82, 2.24) is 4.90 Å². The van der Waals surface area contributed by atoms with Crippen molar-refractivity contribution in [1.29, 1.82) is 0 Å². The molecule has 2 aliphatic rings. The molecule has 3 N–H and O–H groups in total. The van der Waals surface area contributed by atoms with E-state index in [-0.39, 0.29) is 12.0 Å². The zero-order chi connectivity index (χ0) is 13.7. The number of aliphatic hydroxyl groups is 1. The molecule has 1 saturated heterocycles. The first-order chi connectivity index (χ1) is 9.10. The van der Waals surface area contributed by atoms with E-state index in [1.165, 1.54) is 25.7 Å². The fourth-order valence-corrected chi connectivity index (χ4v) is 2.76. The van der Waals surface area contributed by atoms with Gasteiger partial charge in [0.1, 0.15) is 18.5 Å². The molecule has 1 aliphatic heterocycles. The first-order valence-electron chi connectivity index (χ1n) is 7.46. The van der Waals surface area contributed by atoms with Crippen molar-refractivity contribution in [3.63, 3.8) is 0 Å². The predicted molar refractivity (Wildman–Crippen MR) is 75.8 cm³/mol. The van der Waals surface area contributed by atoms with Gasteiger partial charge >= 0.3 is 0 Å². The maximum absolute atomic E-state index is 9.91. The zero-order valence-electron chi connectivity index (χ0n) is 12.0. The van der Waals surface area contributed by atoms with E-state index in [2.05, 4.69) is 17.0 Å². The minimum absolute atomic E-state index is 0.0256. The molecule has 0 radical (unpaired) electrons. The lowest BCUT2D eigenvalue weighted by molar-refractivity contribution is 0.0141. The number of piperidine rings is 1. The standard InChI is InChI=1S/C14H27N3O2/c1-14(6-5-7-14)13(15)16-19-11-12(18)10-17-8-3-2-4-9-17/h12,18H,2-11H2,1H3,(H2,15,16)/t12-/m1/s1. The lowest BCUT2D eigenvalue weighted by atomic mass is 9.70. The summed E-state index contributed by atoms with van der Waals surface area (Å²) in [5.41, 5.74) is 5.94. The summed E-state index contributed by atoms with van der Waals surface area (Å²) in [5, 5.41) is 13.9. The summed E-state index contributed by atoms with van der Waals surface area (Å²) in [5.74, 6) is 0.573. The maximum Gasteiger partial charge on any atom is 0.145 e. The summed E-state index contributed by atoms with van der Waals surface area (Å²) >= 11 is 0. The van der Waals surface area contributed by atoms with Crippen molar-refractivity contribution < 1.29 is 9.94 Å². The minimum Gasteiger partial charge on any atom is -0.392 e. The smallest absolute Gasteiger partial charge is 0.145 e. The molecule has 110 valence electrons. The third-order valence-electron chi connectivity index (χ3n) is 4.42. The van der Waals surface area contributed by atoms with Crippen LogP contribution in [-0.4, -0.2) is 48.2 Å². The van der Waals surface area contributed by atoms with Crippen molar-refractivity contribution in [3.8, 4) is 0 Å². The monoisotopic (exact) mass is 269 g/mol. The molecular weight excluding hydrogens is 242 g/mol. The van der Waals surface area contributed by atoms with Gasteiger partial charge in [0.25, 0.3) is 0 Å². The van der Waals surface area contributed by atoms with Crippen LogP contribution in [0.3, 0.4) is 0 Å². The van der Waals surface area contributed by atoms with Gasteiger partial charge < -0.3 is 20.6 Å². The largest absolute Gasteiger partial charge is 0.392 e. The minimum atomic E-state index is -0.483. The van der Waals surface area contributed by atoms with Crippen LogP contribution in [0.1, 0.15) is 45.4 Å². The summed E-state index contributed by atoms with van der Waals surface area (Å²) in [6, 6.07) is 0. The van der Waals surface area contributed by atoms with Gasteiger partial charge in [0.05, 0.1) is 0 Å². The van der Waals surface area contributed by atoms with Crippen molar-refractivity contribution >= 4 is 5.84 Å². The Morgan fingerprint density at radius 2 is 2.00 bits per heavy atom. The normalized spacial score (nSPS) is 25.7. The van der Waals surface area contributed by atoms with Crippen molar-refractivity contribution in [3.05, 3.63) is 0 Å². The van der Waals surface area contributed by atoms with Crippen LogP contribution >= 0.6 is 0 Å². The van der Waals surface area contributed by atoms with Gasteiger partial charge in [0.2, 0.25) is 0 Å². The van der Waals surface area contributed by atoms with E-state index in [4.69, 9.17) is 10.6 Å². The van der Waals surface area contributed by atoms with Gasteiger partial charge in [-0.3, -0.25) is 0 Å². The second kappa shape index (κ2) is 6.57. The Hall–Kier alpha value is -0.810. The number of aliphatic hydroxyl groups excluding tert-OH is 1. The molecule has 5 heteroatoms. The number of hydrogen-bond donors (Lipinski definition) is 2. The van der Waals surface area contributed by atoms with Crippen molar-refractivity contribution in [2.45, 2.75) is 51.6 Å². The molecule has 0 unspecified atom stereocenters. The molecule has 0 aromatic heterocycles. The van der Waals surface area contributed by atoms with Crippen LogP contribution in [0.25, 0.3) is 0 Å². The molecule has 2 rings (SSSR count). The Labute approximate surface area is 115 Å². The Bertz CT molecular complexity index is 310.